The van der Waals surface area contributed by atoms with Crippen LogP contribution in [0.4, 0.5) is 0 Å². The van der Waals surface area contributed by atoms with Crippen molar-refractivity contribution in [2.24, 2.45) is 5.73 Å². The maximum Gasteiger partial charge on any atom is 0.0783 e. The fourth-order valence-corrected chi connectivity index (χ4v) is 2.07. The molecule has 90 valence electrons. The molecule has 1 aromatic rings. The van der Waals surface area contributed by atoms with Crippen molar-refractivity contribution >= 4 is 0 Å². The van der Waals surface area contributed by atoms with Crippen molar-refractivity contribution in [2.75, 3.05) is 0 Å². The van der Waals surface area contributed by atoms with Crippen LogP contribution in [0.25, 0.3) is 0 Å². The summed E-state index contributed by atoms with van der Waals surface area (Å²) in [5.41, 5.74) is 11.2. The van der Waals surface area contributed by atoms with Gasteiger partial charge in [-0.3, -0.25) is 0 Å². The van der Waals surface area contributed by atoms with Gasteiger partial charge in [-0.15, -0.1) is 0 Å². The number of rotatable bonds is 2. The van der Waals surface area contributed by atoms with Gasteiger partial charge in [0.05, 0.1) is 11.6 Å². The first-order valence-electron chi connectivity index (χ1n) is 5.71. The second-order valence-electron chi connectivity index (χ2n) is 5.31. The molecule has 0 fully saturated rings. The molecule has 0 aliphatic rings. The molecule has 2 nitrogen and oxygen atoms in total. The molecule has 0 radical (unpaired) electrons. The molecule has 3 N–H and O–H groups in total. The van der Waals surface area contributed by atoms with Crippen LogP contribution < -0.4 is 5.73 Å². The van der Waals surface area contributed by atoms with E-state index in [1.807, 2.05) is 0 Å². The van der Waals surface area contributed by atoms with Crippen LogP contribution in [0.3, 0.4) is 0 Å². The first-order valence-corrected chi connectivity index (χ1v) is 5.71. The van der Waals surface area contributed by atoms with E-state index in [0.717, 1.165) is 5.56 Å². The summed E-state index contributed by atoms with van der Waals surface area (Å²) in [7, 11) is 0. The third-order valence-corrected chi connectivity index (χ3v) is 3.50. The number of hydrogen-bond donors (Lipinski definition) is 2. The normalized spacial score (nSPS) is 14.0. The summed E-state index contributed by atoms with van der Waals surface area (Å²) in [6, 6.07) is 1.83. The van der Waals surface area contributed by atoms with Gasteiger partial charge in [-0.25, -0.2) is 0 Å². The number of benzene rings is 1. The van der Waals surface area contributed by atoms with E-state index < -0.39 is 5.60 Å². The van der Waals surface area contributed by atoms with Crippen molar-refractivity contribution < 1.29 is 5.11 Å². The highest BCUT2D eigenvalue weighted by atomic mass is 16.3. The van der Waals surface area contributed by atoms with Gasteiger partial charge in [-0.2, -0.15) is 0 Å². The number of aliphatic hydroxyl groups is 1. The monoisotopic (exact) mass is 221 g/mol. The summed E-state index contributed by atoms with van der Waals surface area (Å²) in [6.45, 7) is 11.8. The average Bonchev–Trinajstić information content (AvgIpc) is 2.13. The van der Waals surface area contributed by atoms with Crippen LogP contribution in [0, 0.1) is 27.7 Å². The van der Waals surface area contributed by atoms with Crippen molar-refractivity contribution in [1.29, 1.82) is 0 Å². The molecular weight excluding hydrogens is 198 g/mol. The van der Waals surface area contributed by atoms with E-state index in [0.29, 0.717) is 0 Å². The molecule has 1 atom stereocenters. The minimum absolute atomic E-state index is 0.342. The van der Waals surface area contributed by atoms with Gasteiger partial charge in [0.15, 0.2) is 0 Å². The fraction of sp³-hybridized carbons (Fsp3) is 0.571. The summed E-state index contributed by atoms with van der Waals surface area (Å²) in [6.07, 6.45) is 0. The molecule has 0 aliphatic heterocycles. The molecule has 0 amide bonds. The summed E-state index contributed by atoms with van der Waals surface area (Å²) < 4.78 is 0. The molecule has 0 heterocycles. The smallest absolute Gasteiger partial charge is 0.0783 e. The quantitative estimate of drug-likeness (QED) is 0.806. The van der Waals surface area contributed by atoms with Crippen molar-refractivity contribution in [2.45, 2.75) is 53.2 Å². The van der Waals surface area contributed by atoms with E-state index in [1.54, 1.807) is 13.8 Å². The van der Waals surface area contributed by atoms with Gasteiger partial charge >= 0.3 is 0 Å². The van der Waals surface area contributed by atoms with Gasteiger partial charge in [-0.1, -0.05) is 6.07 Å². The molecule has 1 unspecified atom stereocenters. The van der Waals surface area contributed by atoms with Gasteiger partial charge in [-0.05, 0) is 69.4 Å². The highest BCUT2D eigenvalue weighted by molar-refractivity contribution is 5.46. The molecule has 0 aliphatic carbocycles. The van der Waals surface area contributed by atoms with Gasteiger partial charge in [0, 0.05) is 0 Å². The zero-order valence-electron chi connectivity index (χ0n) is 11.2. The second-order valence-corrected chi connectivity index (χ2v) is 5.31. The van der Waals surface area contributed by atoms with Crippen molar-refractivity contribution in [3.63, 3.8) is 0 Å². The van der Waals surface area contributed by atoms with Gasteiger partial charge in [0.25, 0.3) is 0 Å². The molecule has 0 spiro atoms. The maximum absolute atomic E-state index is 10.0. The molecule has 1 aromatic carbocycles. The van der Waals surface area contributed by atoms with Crippen molar-refractivity contribution in [3.05, 3.63) is 33.9 Å². The number of hydrogen-bond acceptors (Lipinski definition) is 2. The van der Waals surface area contributed by atoms with Crippen LogP contribution in [0.2, 0.25) is 0 Å². The molecule has 0 aromatic heterocycles. The second kappa shape index (κ2) is 4.19. The van der Waals surface area contributed by atoms with E-state index in [9.17, 15) is 5.11 Å². The Labute approximate surface area is 98.5 Å². The molecule has 0 saturated carbocycles. The lowest BCUT2D eigenvalue weighted by Crippen LogP contribution is -2.36. The lowest BCUT2D eigenvalue weighted by atomic mass is 9.84. The van der Waals surface area contributed by atoms with E-state index in [4.69, 9.17) is 5.73 Å². The number of nitrogens with two attached hydrogens (primary N) is 1. The Balaban J connectivity index is 3.44. The predicted molar refractivity (Wildman–Crippen MR) is 68.6 cm³/mol. The molecule has 2 heteroatoms. The standard InChI is InChI=1S/C14H23NO/c1-8-7-9(2)11(4)12(10(8)3)13(15)14(5,6)16/h7,13,16H,15H2,1-6H3. The Kier molecular flexibility index (Phi) is 3.46. The largest absolute Gasteiger partial charge is 0.388 e. The molecular formula is C14H23NO. The minimum Gasteiger partial charge on any atom is -0.388 e. The Morgan fingerprint density at radius 3 is 1.75 bits per heavy atom. The average molecular weight is 221 g/mol. The van der Waals surface area contributed by atoms with Gasteiger partial charge in [0.1, 0.15) is 0 Å². The first-order chi connectivity index (χ1) is 7.16. The van der Waals surface area contributed by atoms with Crippen molar-refractivity contribution in [3.8, 4) is 0 Å². The van der Waals surface area contributed by atoms with E-state index in [-0.39, 0.29) is 6.04 Å². The van der Waals surface area contributed by atoms with E-state index in [2.05, 4.69) is 33.8 Å². The zero-order valence-corrected chi connectivity index (χ0v) is 11.2. The Morgan fingerprint density at radius 2 is 1.44 bits per heavy atom. The third-order valence-electron chi connectivity index (χ3n) is 3.50. The molecule has 16 heavy (non-hydrogen) atoms. The molecule has 1 rings (SSSR count). The van der Waals surface area contributed by atoms with E-state index >= 15 is 0 Å². The summed E-state index contributed by atoms with van der Waals surface area (Å²) in [4.78, 5) is 0. The van der Waals surface area contributed by atoms with Crippen LogP contribution in [-0.4, -0.2) is 10.7 Å². The Bertz CT molecular complexity index is 376. The van der Waals surface area contributed by atoms with Crippen LogP contribution in [0.15, 0.2) is 6.07 Å². The Hall–Kier alpha value is -0.860. The summed E-state index contributed by atoms with van der Waals surface area (Å²) in [5, 5.41) is 10.0. The molecule has 0 saturated heterocycles. The van der Waals surface area contributed by atoms with Crippen LogP contribution in [-0.2, 0) is 0 Å². The number of aryl methyl sites for hydroxylation is 2. The van der Waals surface area contributed by atoms with E-state index in [1.165, 1.54) is 22.3 Å². The first kappa shape index (κ1) is 13.2. The lowest BCUT2D eigenvalue weighted by molar-refractivity contribution is 0.0512. The topological polar surface area (TPSA) is 46.2 Å². The SMILES string of the molecule is Cc1cc(C)c(C)c(C(N)C(C)(C)O)c1C. The predicted octanol–water partition coefficient (Wildman–Crippen LogP) is 2.69. The highest BCUT2D eigenvalue weighted by Gasteiger charge is 2.27. The minimum atomic E-state index is -0.893. The molecule has 0 bridgehead atoms. The zero-order chi connectivity index (χ0) is 12.7. The van der Waals surface area contributed by atoms with Crippen LogP contribution >= 0.6 is 0 Å². The van der Waals surface area contributed by atoms with Gasteiger partial charge in [0.2, 0.25) is 0 Å². The third kappa shape index (κ3) is 2.28. The maximum atomic E-state index is 10.0. The van der Waals surface area contributed by atoms with Crippen molar-refractivity contribution in [1.82, 2.24) is 0 Å². The fourth-order valence-electron chi connectivity index (χ4n) is 2.07. The summed E-state index contributed by atoms with van der Waals surface area (Å²) in [5.74, 6) is 0. The lowest BCUT2D eigenvalue weighted by Gasteiger charge is -2.30. The van der Waals surface area contributed by atoms with Crippen LogP contribution in [0.1, 0.15) is 47.7 Å². The summed E-state index contributed by atoms with van der Waals surface area (Å²) >= 11 is 0. The highest BCUT2D eigenvalue weighted by Crippen LogP contribution is 2.31. The van der Waals surface area contributed by atoms with Crippen LogP contribution in [0.5, 0.6) is 0 Å². The van der Waals surface area contributed by atoms with Gasteiger partial charge < -0.3 is 10.8 Å². The Morgan fingerprint density at radius 1 is 1.06 bits per heavy atom.